The van der Waals surface area contributed by atoms with E-state index in [0.29, 0.717) is 29.3 Å². The Morgan fingerprint density at radius 1 is 1.25 bits per heavy atom. The molecule has 0 N–H and O–H groups in total. The first kappa shape index (κ1) is 22.8. The van der Waals surface area contributed by atoms with Gasteiger partial charge in [0.1, 0.15) is 12.2 Å². The summed E-state index contributed by atoms with van der Waals surface area (Å²) in [5.41, 5.74) is 1.99. The summed E-state index contributed by atoms with van der Waals surface area (Å²) in [6, 6.07) is 0. The van der Waals surface area contributed by atoms with Crippen molar-refractivity contribution in [3.8, 4) is 5.88 Å². The van der Waals surface area contributed by atoms with Crippen LogP contribution in [0.4, 0.5) is 0 Å². The third-order valence-electron chi connectivity index (χ3n) is 5.32. The molecular weight excluding hydrogens is 374 g/mol. The third kappa shape index (κ3) is 6.55. The van der Waals surface area contributed by atoms with Crippen LogP contribution in [-0.2, 0) is 9.53 Å². The number of carbonyl (C=O) groups is 1. The number of ether oxygens (including phenoxy) is 2. The van der Waals surface area contributed by atoms with Crippen LogP contribution in [0.25, 0.3) is 5.57 Å². The highest BCUT2D eigenvalue weighted by atomic mass is 32.1. The predicted octanol–water partition coefficient (Wildman–Crippen LogP) is 4.67. The van der Waals surface area contributed by atoms with Crippen molar-refractivity contribution >= 4 is 23.3 Å². The zero-order valence-electron chi connectivity index (χ0n) is 18.1. The molecule has 2 heterocycles. The molecule has 0 amide bonds. The van der Waals surface area contributed by atoms with Crippen molar-refractivity contribution in [1.29, 1.82) is 0 Å². The van der Waals surface area contributed by atoms with Crippen molar-refractivity contribution in [2.45, 2.75) is 72.4 Å². The number of likely N-dealkylation sites (N-methyl/N-ethyl adjacent to an activating group) is 1. The summed E-state index contributed by atoms with van der Waals surface area (Å²) in [7, 11) is 2.14. The van der Waals surface area contributed by atoms with E-state index in [-0.39, 0.29) is 12.2 Å². The van der Waals surface area contributed by atoms with Gasteiger partial charge in [-0.05, 0) is 12.3 Å². The first-order chi connectivity index (χ1) is 13.4. The van der Waals surface area contributed by atoms with E-state index in [4.69, 9.17) is 9.47 Å². The molecule has 158 valence electrons. The number of carbonyl (C=O) groups excluding carboxylic acids is 1. The molecule has 0 radical (unpaired) electrons. The minimum absolute atomic E-state index is 0.121. The number of hydrogen-bond donors (Lipinski definition) is 0. The van der Waals surface area contributed by atoms with E-state index in [0.717, 1.165) is 37.2 Å². The molecule has 0 saturated carbocycles. The molecule has 2 atom stereocenters. The van der Waals surface area contributed by atoms with Crippen molar-refractivity contribution in [3.05, 3.63) is 11.8 Å². The second-order valence-electron chi connectivity index (χ2n) is 8.39. The van der Waals surface area contributed by atoms with Crippen molar-refractivity contribution in [3.63, 3.8) is 0 Å². The van der Waals surface area contributed by atoms with Crippen LogP contribution in [0, 0.1) is 5.92 Å². The number of hydrogen-bond acceptors (Lipinski definition) is 6. The highest BCUT2D eigenvalue weighted by Crippen LogP contribution is 2.31. The minimum Gasteiger partial charge on any atom is -0.475 e. The van der Waals surface area contributed by atoms with E-state index in [1.165, 1.54) is 31.0 Å². The standard InChI is InChI=1S/C21H36N3O3S/c1-6-7-8-9-13-26-21-20(22-28-23-21)18-11-10-12-24(5,15-18)17(4)27-19(25)14-16(2)3/h11,16-17H,6-10,12-15H2,1-5H3/q+1. The summed E-state index contributed by atoms with van der Waals surface area (Å²) in [4.78, 5) is 12.1. The number of quaternary nitrogens is 1. The molecule has 1 aliphatic heterocycles. The smallest absolute Gasteiger partial charge is 0.310 e. The average Bonchev–Trinajstić information content (AvgIpc) is 3.09. The second-order valence-corrected chi connectivity index (χ2v) is 8.92. The fourth-order valence-electron chi connectivity index (χ4n) is 3.42. The molecule has 1 aromatic rings. The third-order valence-corrected chi connectivity index (χ3v) is 5.83. The van der Waals surface area contributed by atoms with E-state index in [9.17, 15) is 4.79 Å². The SMILES string of the molecule is CCCCCCOc1nsnc1C1=CCC[N+](C)(C(C)OC(=O)CC(C)C)C1. The fourth-order valence-corrected chi connectivity index (χ4v) is 3.95. The van der Waals surface area contributed by atoms with Gasteiger partial charge < -0.3 is 9.47 Å². The highest BCUT2D eigenvalue weighted by Gasteiger charge is 2.36. The van der Waals surface area contributed by atoms with Gasteiger partial charge in [-0.2, -0.15) is 4.37 Å². The van der Waals surface area contributed by atoms with Gasteiger partial charge in [-0.15, -0.1) is 4.37 Å². The van der Waals surface area contributed by atoms with Gasteiger partial charge in [-0.25, -0.2) is 0 Å². The molecule has 0 bridgehead atoms. The van der Waals surface area contributed by atoms with Gasteiger partial charge in [-0.1, -0.05) is 46.1 Å². The molecule has 0 fully saturated rings. The summed E-state index contributed by atoms with van der Waals surface area (Å²) < 4.78 is 21.2. The Balaban J connectivity index is 1.98. The summed E-state index contributed by atoms with van der Waals surface area (Å²) in [5, 5.41) is 0. The van der Waals surface area contributed by atoms with E-state index in [2.05, 4.69) is 28.8 Å². The molecule has 2 unspecified atom stereocenters. The largest absolute Gasteiger partial charge is 0.475 e. The molecule has 28 heavy (non-hydrogen) atoms. The number of nitrogens with zero attached hydrogens (tertiary/aromatic N) is 3. The topological polar surface area (TPSA) is 61.3 Å². The Hall–Kier alpha value is -1.47. The molecule has 7 heteroatoms. The summed E-state index contributed by atoms with van der Waals surface area (Å²) >= 11 is 1.20. The summed E-state index contributed by atoms with van der Waals surface area (Å²) in [6.07, 6.45) is 8.08. The number of unbranched alkanes of at least 4 members (excludes halogenated alkanes) is 3. The Kier molecular flexibility index (Phi) is 8.89. The second kappa shape index (κ2) is 10.9. The van der Waals surface area contributed by atoms with Gasteiger partial charge in [0, 0.05) is 25.3 Å². The van der Waals surface area contributed by atoms with Crippen LogP contribution in [0.1, 0.15) is 71.9 Å². The molecule has 0 saturated heterocycles. The zero-order chi connectivity index (χ0) is 20.6. The van der Waals surface area contributed by atoms with Gasteiger partial charge >= 0.3 is 5.97 Å². The zero-order valence-corrected chi connectivity index (χ0v) is 18.9. The first-order valence-corrected chi connectivity index (χ1v) is 11.3. The Bertz CT molecular complexity index is 659. The molecule has 1 aliphatic rings. The molecule has 0 spiro atoms. The maximum atomic E-state index is 12.1. The van der Waals surface area contributed by atoms with Crippen molar-refractivity contribution in [2.75, 3.05) is 26.7 Å². The molecule has 0 aromatic carbocycles. The normalized spacial score (nSPS) is 20.7. The monoisotopic (exact) mass is 410 g/mol. The van der Waals surface area contributed by atoms with Gasteiger partial charge in [0.15, 0.2) is 0 Å². The van der Waals surface area contributed by atoms with Crippen LogP contribution in [0.2, 0.25) is 0 Å². The van der Waals surface area contributed by atoms with Crippen LogP contribution >= 0.6 is 11.7 Å². The maximum absolute atomic E-state index is 12.1. The number of esters is 1. The lowest BCUT2D eigenvalue weighted by Gasteiger charge is -2.41. The maximum Gasteiger partial charge on any atom is 0.310 e. The molecule has 1 aromatic heterocycles. The summed E-state index contributed by atoms with van der Waals surface area (Å²) in [5.74, 6) is 0.829. The predicted molar refractivity (Wildman–Crippen MR) is 113 cm³/mol. The van der Waals surface area contributed by atoms with Crippen molar-refractivity contribution in [2.24, 2.45) is 5.92 Å². The van der Waals surface area contributed by atoms with Crippen molar-refractivity contribution in [1.82, 2.24) is 8.75 Å². The summed E-state index contributed by atoms with van der Waals surface area (Å²) in [6.45, 7) is 10.6. The number of aromatic nitrogens is 2. The van der Waals surface area contributed by atoms with Gasteiger partial charge in [-0.3, -0.25) is 9.28 Å². The average molecular weight is 411 g/mol. The Labute approximate surface area is 173 Å². The Morgan fingerprint density at radius 3 is 2.75 bits per heavy atom. The first-order valence-electron chi connectivity index (χ1n) is 10.5. The molecule has 2 rings (SSSR count). The van der Waals surface area contributed by atoms with Crippen LogP contribution in [0.3, 0.4) is 0 Å². The minimum atomic E-state index is -0.194. The van der Waals surface area contributed by atoms with E-state index >= 15 is 0 Å². The van der Waals surface area contributed by atoms with Gasteiger partial charge in [0.25, 0.3) is 5.88 Å². The lowest BCUT2D eigenvalue weighted by molar-refractivity contribution is -0.944. The van der Waals surface area contributed by atoms with Crippen LogP contribution < -0.4 is 4.74 Å². The number of rotatable bonds is 11. The molecule has 6 nitrogen and oxygen atoms in total. The van der Waals surface area contributed by atoms with Crippen LogP contribution in [0.5, 0.6) is 5.88 Å². The van der Waals surface area contributed by atoms with Crippen molar-refractivity contribution < 1.29 is 18.8 Å². The molecule has 0 aliphatic carbocycles. The van der Waals surface area contributed by atoms with Crippen LogP contribution in [0.15, 0.2) is 6.08 Å². The van der Waals surface area contributed by atoms with E-state index < -0.39 is 0 Å². The highest BCUT2D eigenvalue weighted by molar-refractivity contribution is 6.99. The lowest BCUT2D eigenvalue weighted by Crippen LogP contribution is -2.55. The van der Waals surface area contributed by atoms with Gasteiger partial charge in [0.2, 0.25) is 6.23 Å². The Morgan fingerprint density at radius 2 is 2.04 bits per heavy atom. The quantitative estimate of drug-likeness (QED) is 0.301. The van der Waals surface area contributed by atoms with E-state index in [1.54, 1.807) is 0 Å². The fraction of sp³-hybridized carbons (Fsp3) is 0.762. The van der Waals surface area contributed by atoms with Crippen LogP contribution in [-0.4, -0.2) is 52.2 Å². The van der Waals surface area contributed by atoms with Gasteiger partial charge in [0.05, 0.1) is 31.9 Å². The lowest BCUT2D eigenvalue weighted by atomic mass is 10.0. The van der Waals surface area contributed by atoms with E-state index in [1.807, 2.05) is 20.8 Å². The molecular formula is C21H36N3O3S+.